The van der Waals surface area contributed by atoms with Gasteiger partial charge in [-0.15, -0.1) is 0 Å². The van der Waals surface area contributed by atoms with Crippen molar-refractivity contribution in [3.8, 4) is 22.9 Å². The average Bonchev–Trinajstić information content (AvgIpc) is 3.49. The number of hydrogen-bond acceptors (Lipinski definition) is 7. The number of Topliss-reactive ketones (excluding diaryl/α,β-unsaturated/α-hetero) is 1. The number of fused-ring (bicyclic) bond motifs is 3. The molecule has 6 rings (SSSR count). The van der Waals surface area contributed by atoms with Crippen LogP contribution in [0.25, 0.3) is 11.1 Å². The molecule has 0 amide bonds. The molecule has 2 aromatic heterocycles. The Morgan fingerprint density at radius 2 is 1.86 bits per heavy atom. The van der Waals surface area contributed by atoms with Gasteiger partial charge in [-0.25, -0.2) is 14.4 Å². The van der Waals surface area contributed by atoms with Gasteiger partial charge in [-0.1, -0.05) is 0 Å². The fourth-order valence-electron chi connectivity index (χ4n) is 6.15. The van der Waals surface area contributed by atoms with E-state index in [0.717, 1.165) is 17.2 Å². The van der Waals surface area contributed by atoms with E-state index in [2.05, 4.69) is 9.97 Å². The Bertz CT molecular complexity index is 1620. The number of carbonyl (C=O) groups is 2. The number of aromatic nitrogens is 2. The lowest BCUT2D eigenvalue weighted by molar-refractivity contribution is -0.156. The zero-order chi connectivity index (χ0) is 30.1. The van der Waals surface area contributed by atoms with Gasteiger partial charge in [-0.2, -0.15) is 13.2 Å². The second kappa shape index (κ2) is 9.75. The molecule has 0 aliphatic heterocycles. The van der Waals surface area contributed by atoms with Gasteiger partial charge in [-0.05, 0) is 61.1 Å². The van der Waals surface area contributed by atoms with Crippen molar-refractivity contribution in [3.63, 3.8) is 0 Å². The highest BCUT2D eigenvalue weighted by atomic mass is 19.4. The summed E-state index contributed by atoms with van der Waals surface area (Å²) in [6.07, 6.45) is -3.01. The molecule has 8 nitrogen and oxygen atoms in total. The number of alkyl halides is 3. The van der Waals surface area contributed by atoms with E-state index in [9.17, 15) is 37.4 Å². The molecule has 1 aromatic carbocycles. The maximum Gasteiger partial charge on any atom is 0.417 e. The molecule has 2 fully saturated rings. The number of aryl methyl sites for hydroxylation is 1. The summed E-state index contributed by atoms with van der Waals surface area (Å²) in [4.78, 5) is 31.3. The third kappa shape index (κ3) is 4.87. The summed E-state index contributed by atoms with van der Waals surface area (Å²) in [6, 6.07) is 5.97. The van der Waals surface area contributed by atoms with Crippen LogP contribution in [-0.4, -0.2) is 43.6 Å². The second-order valence-electron chi connectivity index (χ2n) is 11.3. The lowest BCUT2D eigenvalue weighted by Gasteiger charge is -2.40. The van der Waals surface area contributed by atoms with Crippen LogP contribution in [0.2, 0.25) is 0 Å². The minimum absolute atomic E-state index is 0.0237. The van der Waals surface area contributed by atoms with Gasteiger partial charge in [0.25, 0.3) is 0 Å². The number of hydrogen-bond donors (Lipinski definition) is 2. The Balaban J connectivity index is 1.22. The van der Waals surface area contributed by atoms with Gasteiger partial charge in [0.05, 0.1) is 11.5 Å². The molecule has 42 heavy (non-hydrogen) atoms. The van der Waals surface area contributed by atoms with Gasteiger partial charge in [0.1, 0.15) is 24.1 Å². The molecule has 3 atom stereocenters. The summed E-state index contributed by atoms with van der Waals surface area (Å²) in [6.45, 7) is 2.40. The number of pyridine rings is 2. The molecule has 2 N–H and O–H groups in total. The predicted molar refractivity (Wildman–Crippen MR) is 138 cm³/mol. The highest BCUT2D eigenvalue weighted by Crippen LogP contribution is 2.61. The first kappa shape index (κ1) is 28.1. The fourth-order valence-corrected chi connectivity index (χ4v) is 6.15. The van der Waals surface area contributed by atoms with Crippen LogP contribution in [0.3, 0.4) is 0 Å². The monoisotopic (exact) mass is 586 g/mol. The first-order valence-electron chi connectivity index (χ1n) is 13.4. The molecular formula is C30H26F4N2O6. The number of carboxylic acids is 1. The number of ketones is 1. The van der Waals surface area contributed by atoms with Crippen molar-refractivity contribution in [1.82, 2.24) is 9.97 Å². The summed E-state index contributed by atoms with van der Waals surface area (Å²) < 4.78 is 68.2. The Labute approximate surface area is 237 Å². The number of ether oxygens (including phenoxy) is 2. The first-order valence-corrected chi connectivity index (χ1v) is 13.4. The molecule has 0 bridgehead atoms. The normalized spacial score (nSPS) is 25.7. The van der Waals surface area contributed by atoms with E-state index in [0.29, 0.717) is 12.5 Å². The molecule has 0 radical (unpaired) electrons. The van der Waals surface area contributed by atoms with Crippen LogP contribution in [0.15, 0.2) is 36.5 Å². The molecule has 3 aliphatic rings. The van der Waals surface area contributed by atoms with E-state index in [1.165, 1.54) is 26.0 Å². The summed E-state index contributed by atoms with van der Waals surface area (Å²) in [5, 5.41) is 19.4. The zero-order valence-corrected chi connectivity index (χ0v) is 22.5. The largest absolute Gasteiger partial charge is 0.481 e. The molecule has 2 saturated carbocycles. The molecule has 0 unspecified atom stereocenters. The average molecular weight is 587 g/mol. The minimum atomic E-state index is -4.85. The fraction of sp³-hybridized carbons (Fsp3) is 0.400. The van der Waals surface area contributed by atoms with Gasteiger partial charge in [0, 0.05) is 53.9 Å². The molecule has 220 valence electrons. The van der Waals surface area contributed by atoms with Crippen LogP contribution in [0.5, 0.6) is 11.8 Å². The van der Waals surface area contributed by atoms with Crippen LogP contribution < -0.4 is 9.47 Å². The topological polar surface area (TPSA) is 119 Å². The number of nitrogens with zero attached hydrogens (tertiary/aromatic N) is 2. The van der Waals surface area contributed by atoms with E-state index in [4.69, 9.17) is 9.47 Å². The number of aliphatic carboxylic acids is 1. The molecular weight excluding hydrogens is 560 g/mol. The van der Waals surface area contributed by atoms with Crippen molar-refractivity contribution in [2.24, 2.45) is 11.8 Å². The van der Waals surface area contributed by atoms with Gasteiger partial charge in [-0.3, -0.25) is 9.59 Å². The maximum absolute atomic E-state index is 14.9. The van der Waals surface area contributed by atoms with E-state index in [1.54, 1.807) is 12.3 Å². The highest BCUT2D eigenvalue weighted by molar-refractivity contribution is 5.86. The zero-order valence-electron chi connectivity index (χ0n) is 22.5. The van der Waals surface area contributed by atoms with Gasteiger partial charge >= 0.3 is 12.1 Å². The van der Waals surface area contributed by atoms with Crippen LogP contribution in [0, 0.1) is 24.6 Å². The number of benzene rings is 1. The van der Waals surface area contributed by atoms with Crippen LogP contribution >= 0.6 is 0 Å². The Morgan fingerprint density at radius 1 is 1.12 bits per heavy atom. The van der Waals surface area contributed by atoms with Gasteiger partial charge in [0.2, 0.25) is 11.8 Å². The van der Waals surface area contributed by atoms with E-state index >= 15 is 0 Å². The van der Waals surface area contributed by atoms with Crippen LogP contribution in [0.1, 0.15) is 53.6 Å². The summed E-state index contributed by atoms with van der Waals surface area (Å²) in [7, 11) is 0. The van der Waals surface area contributed by atoms with Gasteiger partial charge < -0.3 is 19.7 Å². The standard InChI is InChI=1S/C30H26F4N2O6/c1-13-18(3-4-24(36-13)42-17-9-29(40,10-17)14(2)37)19-6-16(23(31)8-22(19)30(32,33)34)12-41-25-7-15-5-20-26(21(15)11-35-25)27(20)28(38)39/h3-4,6-8,11,17,20,26-27,40H,5,9-10,12H2,1-2H3,(H,38,39)/t17?,20-,26-,27+,29?/m1/s1. The van der Waals surface area contributed by atoms with Crippen molar-refractivity contribution < 1.29 is 46.8 Å². The number of halogens is 4. The van der Waals surface area contributed by atoms with Crippen molar-refractivity contribution in [3.05, 3.63) is 70.3 Å². The number of aliphatic hydroxyl groups is 1. The highest BCUT2D eigenvalue weighted by Gasteiger charge is 2.60. The number of carboxylic acid groups (broad SMARTS) is 1. The Hall–Kier alpha value is -4.06. The number of carbonyl (C=O) groups excluding carboxylic acids is 1. The minimum Gasteiger partial charge on any atom is -0.481 e. The SMILES string of the molecule is CC(=O)C1(O)CC(Oc2ccc(-c3cc(COc4cc5c(cn4)[C@H]4[C@@H](C5)[C@@H]4C(=O)O)c(F)cc3C(F)(F)F)c(C)n2)C1. The smallest absolute Gasteiger partial charge is 0.417 e. The third-order valence-corrected chi connectivity index (χ3v) is 8.56. The second-order valence-corrected chi connectivity index (χ2v) is 11.3. The Morgan fingerprint density at radius 3 is 2.50 bits per heavy atom. The predicted octanol–water partition coefficient (Wildman–Crippen LogP) is 5.02. The van der Waals surface area contributed by atoms with Crippen LogP contribution in [0.4, 0.5) is 17.6 Å². The molecule has 0 spiro atoms. The van der Waals surface area contributed by atoms with E-state index < -0.39 is 41.1 Å². The molecule has 2 heterocycles. The molecule has 3 aromatic rings. The van der Waals surface area contributed by atoms with Gasteiger partial charge in [0.15, 0.2) is 5.78 Å². The lowest BCUT2D eigenvalue weighted by atomic mass is 9.75. The first-order chi connectivity index (χ1) is 19.7. The van der Waals surface area contributed by atoms with Crippen LogP contribution in [-0.2, 0) is 28.8 Å². The third-order valence-electron chi connectivity index (χ3n) is 8.56. The number of rotatable bonds is 8. The van der Waals surface area contributed by atoms with Crippen molar-refractivity contribution in [2.45, 2.75) is 63.5 Å². The van der Waals surface area contributed by atoms with Crippen molar-refractivity contribution in [1.29, 1.82) is 0 Å². The van der Waals surface area contributed by atoms with E-state index in [-0.39, 0.29) is 71.2 Å². The molecule has 0 saturated heterocycles. The summed E-state index contributed by atoms with van der Waals surface area (Å²) in [5.41, 5.74) is -0.933. The van der Waals surface area contributed by atoms with E-state index in [1.807, 2.05) is 0 Å². The summed E-state index contributed by atoms with van der Waals surface area (Å²) in [5.74, 6) is -2.46. The molecule has 3 aliphatic carbocycles. The summed E-state index contributed by atoms with van der Waals surface area (Å²) >= 11 is 0. The lowest BCUT2D eigenvalue weighted by Crippen LogP contribution is -2.54. The van der Waals surface area contributed by atoms with Crippen molar-refractivity contribution in [2.75, 3.05) is 0 Å². The quantitative estimate of drug-likeness (QED) is 0.354. The maximum atomic E-state index is 14.9. The molecule has 12 heteroatoms. The Kier molecular flexibility index (Phi) is 6.52. The van der Waals surface area contributed by atoms with Crippen molar-refractivity contribution >= 4 is 11.8 Å².